The molecule has 1 rings (SSSR count). The van der Waals surface area contributed by atoms with Gasteiger partial charge in [-0.05, 0) is 22.5 Å². The summed E-state index contributed by atoms with van der Waals surface area (Å²) in [6.07, 6.45) is 0.407. The fraction of sp³-hybridized carbons (Fsp3) is 0.588. The first-order chi connectivity index (χ1) is 8.48. The molecule has 0 aliphatic carbocycles. The van der Waals surface area contributed by atoms with E-state index in [4.69, 9.17) is 0 Å². The Morgan fingerprint density at radius 2 is 1.58 bits per heavy atom. The number of rotatable bonds is 2. The van der Waals surface area contributed by atoms with Crippen LogP contribution in [-0.2, 0) is 10.8 Å². The van der Waals surface area contributed by atoms with Gasteiger partial charge in [0.15, 0.2) is 5.78 Å². The van der Waals surface area contributed by atoms with Crippen LogP contribution in [-0.4, -0.2) is 10.9 Å². The van der Waals surface area contributed by atoms with Crippen molar-refractivity contribution in [3.63, 3.8) is 0 Å². The van der Waals surface area contributed by atoms with E-state index in [0.717, 1.165) is 11.1 Å². The molecule has 19 heavy (non-hydrogen) atoms. The summed E-state index contributed by atoms with van der Waals surface area (Å²) in [5.41, 5.74) is 2.16. The van der Waals surface area contributed by atoms with Gasteiger partial charge in [-0.25, -0.2) is 0 Å². The third kappa shape index (κ3) is 3.37. The Labute approximate surface area is 116 Å². The van der Waals surface area contributed by atoms with Gasteiger partial charge >= 0.3 is 0 Å². The Kier molecular flexibility index (Phi) is 4.14. The minimum absolute atomic E-state index is 0.00546. The van der Waals surface area contributed by atoms with Gasteiger partial charge in [-0.2, -0.15) is 0 Å². The third-order valence-electron chi connectivity index (χ3n) is 3.41. The average Bonchev–Trinajstić information content (AvgIpc) is 2.25. The largest absolute Gasteiger partial charge is 0.507 e. The predicted octanol–water partition coefficient (Wildman–Crippen LogP) is 4.58. The number of carbonyl (C=O) groups is 1. The number of hydrogen-bond acceptors (Lipinski definition) is 2. The topological polar surface area (TPSA) is 37.3 Å². The second-order valence-corrected chi connectivity index (χ2v) is 7.20. The van der Waals surface area contributed by atoms with Crippen LogP contribution < -0.4 is 0 Å². The van der Waals surface area contributed by atoms with Gasteiger partial charge in [-0.1, -0.05) is 54.5 Å². The first-order valence-corrected chi connectivity index (χ1v) is 6.89. The molecule has 0 unspecified atom stereocenters. The van der Waals surface area contributed by atoms with Gasteiger partial charge in [0.05, 0.1) is 5.56 Å². The number of phenols is 1. The summed E-state index contributed by atoms with van der Waals surface area (Å²) in [6, 6.07) is 3.87. The lowest BCUT2D eigenvalue weighted by atomic mass is 9.78. The molecule has 1 aromatic rings. The van der Waals surface area contributed by atoms with Crippen molar-refractivity contribution in [2.45, 2.75) is 65.7 Å². The molecule has 0 fully saturated rings. The predicted molar refractivity (Wildman–Crippen MR) is 80.1 cm³/mol. The molecule has 1 aromatic carbocycles. The van der Waals surface area contributed by atoms with Gasteiger partial charge in [0.25, 0.3) is 0 Å². The van der Waals surface area contributed by atoms with Crippen molar-refractivity contribution in [1.82, 2.24) is 0 Å². The van der Waals surface area contributed by atoms with Gasteiger partial charge in [0.2, 0.25) is 0 Å². The van der Waals surface area contributed by atoms with Crippen LogP contribution >= 0.6 is 0 Å². The van der Waals surface area contributed by atoms with E-state index in [2.05, 4.69) is 41.5 Å². The zero-order valence-corrected chi connectivity index (χ0v) is 13.2. The van der Waals surface area contributed by atoms with Gasteiger partial charge in [-0.15, -0.1) is 0 Å². The second kappa shape index (κ2) is 4.99. The summed E-state index contributed by atoms with van der Waals surface area (Å²) in [7, 11) is 0. The minimum Gasteiger partial charge on any atom is -0.507 e. The van der Waals surface area contributed by atoms with Crippen molar-refractivity contribution in [3.8, 4) is 5.75 Å². The van der Waals surface area contributed by atoms with E-state index >= 15 is 0 Å². The van der Waals surface area contributed by atoms with E-state index < -0.39 is 0 Å². The molecule has 0 radical (unpaired) electrons. The summed E-state index contributed by atoms with van der Waals surface area (Å²) < 4.78 is 0. The molecular weight excluding hydrogens is 236 g/mol. The molecule has 106 valence electrons. The number of hydrogen-bond donors (Lipinski definition) is 1. The number of aromatic hydroxyl groups is 1. The van der Waals surface area contributed by atoms with E-state index in [1.165, 1.54) is 0 Å². The number of carbonyl (C=O) groups excluding carboxylic acids is 1. The number of ketones is 1. The van der Waals surface area contributed by atoms with Crippen molar-refractivity contribution in [2.24, 2.45) is 0 Å². The minimum atomic E-state index is -0.186. The molecule has 0 bridgehead atoms. The lowest BCUT2D eigenvalue weighted by molar-refractivity contribution is 0.0985. The van der Waals surface area contributed by atoms with Crippen molar-refractivity contribution < 1.29 is 9.90 Å². The zero-order valence-electron chi connectivity index (χ0n) is 13.2. The van der Waals surface area contributed by atoms with Crippen LogP contribution in [0.5, 0.6) is 5.75 Å². The quantitative estimate of drug-likeness (QED) is 0.792. The maximum absolute atomic E-state index is 12.0. The normalized spacial score (nSPS) is 12.6. The summed E-state index contributed by atoms with van der Waals surface area (Å²) in [6.45, 7) is 14.3. The van der Waals surface area contributed by atoms with Gasteiger partial charge in [0.1, 0.15) is 5.75 Å². The Bertz CT molecular complexity index is 485. The van der Waals surface area contributed by atoms with Crippen LogP contribution in [0, 0.1) is 0 Å². The molecule has 2 heteroatoms. The van der Waals surface area contributed by atoms with Crippen LogP contribution in [0.15, 0.2) is 12.1 Å². The first-order valence-electron chi connectivity index (χ1n) is 6.89. The summed E-state index contributed by atoms with van der Waals surface area (Å²) in [5, 5.41) is 10.4. The Balaban J connectivity index is 3.62. The van der Waals surface area contributed by atoms with Crippen LogP contribution in [0.4, 0.5) is 0 Å². The highest BCUT2D eigenvalue weighted by Crippen LogP contribution is 2.38. The molecule has 0 spiro atoms. The summed E-state index contributed by atoms with van der Waals surface area (Å²) in [4.78, 5) is 12.0. The lowest BCUT2D eigenvalue weighted by Gasteiger charge is -2.27. The zero-order chi connectivity index (χ0) is 15.0. The molecule has 0 aromatic heterocycles. The third-order valence-corrected chi connectivity index (χ3v) is 3.41. The van der Waals surface area contributed by atoms with Gasteiger partial charge in [-0.3, -0.25) is 4.79 Å². The van der Waals surface area contributed by atoms with Crippen LogP contribution in [0.25, 0.3) is 0 Å². The molecule has 0 atom stereocenters. The highest BCUT2D eigenvalue weighted by Gasteiger charge is 2.26. The molecular formula is C17H26O2. The molecule has 0 amide bonds. The number of Topliss-reactive ketones (excluding diaryl/α,β-unsaturated/α-hetero) is 1. The van der Waals surface area contributed by atoms with Crippen molar-refractivity contribution in [1.29, 1.82) is 0 Å². The van der Waals surface area contributed by atoms with E-state index in [-0.39, 0.29) is 22.4 Å². The smallest absolute Gasteiger partial charge is 0.166 e. The Morgan fingerprint density at radius 3 is 1.95 bits per heavy atom. The summed E-state index contributed by atoms with van der Waals surface area (Å²) >= 11 is 0. The van der Waals surface area contributed by atoms with Crippen molar-refractivity contribution in [3.05, 3.63) is 28.8 Å². The van der Waals surface area contributed by atoms with E-state index in [0.29, 0.717) is 12.0 Å². The average molecular weight is 262 g/mol. The van der Waals surface area contributed by atoms with E-state index in [1.54, 1.807) is 0 Å². The monoisotopic (exact) mass is 262 g/mol. The number of phenolic OH excluding ortho intramolecular Hbond substituents is 1. The van der Waals surface area contributed by atoms with Crippen LogP contribution in [0.1, 0.15) is 76.4 Å². The lowest BCUT2D eigenvalue weighted by Crippen LogP contribution is -2.18. The SMILES string of the molecule is CCC(=O)c1cc(C(C)(C)C)cc(C(C)(C)C)c1O. The molecule has 0 saturated heterocycles. The first kappa shape index (κ1) is 15.7. The molecule has 1 N–H and O–H groups in total. The Morgan fingerprint density at radius 1 is 1.05 bits per heavy atom. The molecule has 0 aliphatic rings. The molecule has 0 saturated carbocycles. The Hall–Kier alpha value is -1.31. The fourth-order valence-electron chi connectivity index (χ4n) is 2.04. The molecule has 0 heterocycles. The van der Waals surface area contributed by atoms with Crippen molar-refractivity contribution >= 4 is 5.78 Å². The number of benzene rings is 1. The van der Waals surface area contributed by atoms with Crippen LogP contribution in [0.3, 0.4) is 0 Å². The van der Waals surface area contributed by atoms with Gasteiger partial charge < -0.3 is 5.11 Å². The van der Waals surface area contributed by atoms with Gasteiger partial charge in [0, 0.05) is 12.0 Å². The molecule has 2 nitrogen and oxygen atoms in total. The standard InChI is InChI=1S/C17H26O2/c1-8-14(18)12-9-11(16(2,3)4)10-13(15(12)19)17(5,6)7/h9-10,19H,8H2,1-7H3. The second-order valence-electron chi connectivity index (χ2n) is 7.20. The maximum atomic E-state index is 12.0. The molecule has 0 aliphatic heterocycles. The van der Waals surface area contributed by atoms with Crippen LogP contribution in [0.2, 0.25) is 0 Å². The fourth-order valence-corrected chi connectivity index (χ4v) is 2.04. The van der Waals surface area contributed by atoms with Crippen molar-refractivity contribution in [2.75, 3.05) is 0 Å². The van der Waals surface area contributed by atoms with E-state index in [9.17, 15) is 9.90 Å². The van der Waals surface area contributed by atoms with E-state index in [1.807, 2.05) is 19.1 Å². The highest BCUT2D eigenvalue weighted by molar-refractivity contribution is 5.99. The highest BCUT2D eigenvalue weighted by atomic mass is 16.3. The maximum Gasteiger partial charge on any atom is 0.166 e. The summed E-state index contributed by atoms with van der Waals surface area (Å²) in [5.74, 6) is 0.140.